The molecular weight excluding hydrogens is 232 g/mol. The van der Waals surface area contributed by atoms with E-state index in [9.17, 15) is 9.59 Å². The van der Waals surface area contributed by atoms with Crippen LogP contribution in [0.15, 0.2) is 12.2 Å². The fourth-order valence-electron chi connectivity index (χ4n) is 3.05. The van der Waals surface area contributed by atoms with Crippen LogP contribution in [0.5, 0.6) is 0 Å². The fourth-order valence-corrected chi connectivity index (χ4v) is 3.05. The topological polar surface area (TPSA) is 63.6 Å². The van der Waals surface area contributed by atoms with Crippen molar-refractivity contribution >= 4 is 12.3 Å². The smallest absolute Gasteiger partial charge is 0.303 e. The van der Waals surface area contributed by atoms with E-state index in [2.05, 4.69) is 6.08 Å². The number of ether oxygens (including phenoxy) is 1. The highest BCUT2D eigenvalue weighted by Gasteiger charge is 2.47. The van der Waals surface area contributed by atoms with Crippen molar-refractivity contribution in [2.24, 2.45) is 11.8 Å². The van der Waals surface area contributed by atoms with Gasteiger partial charge in [0.1, 0.15) is 6.29 Å². The van der Waals surface area contributed by atoms with E-state index in [0.717, 1.165) is 32.0 Å². The number of carbonyl (C=O) groups excluding carboxylic acids is 1. The molecule has 2 bridgehead atoms. The summed E-state index contributed by atoms with van der Waals surface area (Å²) in [7, 11) is 0. The van der Waals surface area contributed by atoms with Crippen LogP contribution in [-0.4, -0.2) is 29.6 Å². The number of carboxylic acid groups (broad SMARTS) is 1. The van der Waals surface area contributed by atoms with Gasteiger partial charge < -0.3 is 14.6 Å². The number of allylic oxidation sites excluding steroid dienone is 2. The Morgan fingerprint density at radius 1 is 1.28 bits per heavy atom. The lowest BCUT2D eigenvalue weighted by Crippen LogP contribution is -2.27. The first-order chi connectivity index (χ1) is 8.72. The highest BCUT2D eigenvalue weighted by molar-refractivity contribution is 5.66. The van der Waals surface area contributed by atoms with E-state index in [1.165, 1.54) is 0 Å². The lowest BCUT2D eigenvalue weighted by Gasteiger charge is -2.22. The Morgan fingerprint density at radius 2 is 2.06 bits per heavy atom. The van der Waals surface area contributed by atoms with Gasteiger partial charge in [0.15, 0.2) is 0 Å². The summed E-state index contributed by atoms with van der Waals surface area (Å²) in [6, 6.07) is 0. The molecule has 2 heterocycles. The van der Waals surface area contributed by atoms with Crippen LogP contribution >= 0.6 is 0 Å². The number of hydrogen-bond donors (Lipinski definition) is 1. The second-order valence-electron chi connectivity index (χ2n) is 5.16. The van der Waals surface area contributed by atoms with Crippen molar-refractivity contribution in [1.29, 1.82) is 0 Å². The summed E-state index contributed by atoms with van der Waals surface area (Å²) >= 11 is 0. The number of hydrogen-bond acceptors (Lipinski definition) is 3. The van der Waals surface area contributed by atoms with E-state index in [1.54, 1.807) is 0 Å². The van der Waals surface area contributed by atoms with E-state index >= 15 is 0 Å². The summed E-state index contributed by atoms with van der Waals surface area (Å²) in [6.07, 6.45) is 10.2. The van der Waals surface area contributed by atoms with Crippen LogP contribution < -0.4 is 0 Å². The third-order valence-electron chi connectivity index (χ3n) is 3.98. The predicted octanol–water partition coefficient (Wildman–Crippen LogP) is 2.18. The molecule has 0 aromatic heterocycles. The van der Waals surface area contributed by atoms with Crippen molar-refractivity contribution in [3.05, 3.63) is 12.2 Å². The van der Waals surface area contributed by atoms with Crippen LogP contribution in [-0.2, 0) is 14.3 Å². The zero-order chi connectivity index (χ0) is 13.0. The molecule has 0 saturated carbocycles. The van der Waals surface area contributed by atoms with Crippen molar-refractivity contribution in [3.8, 4) is 0 Å². The molecule has 18 heavy (non-hydrogen) atoms. The molecule has 0 amide bonds. The third-order valence-corrected chi connectivity index (χ3v) is 3.98. The Balaban J connectivity index is 1.71. The third kappa shape index (κ3) is 2.99. The molecule has 4 heteroatoms. The van der Waals surface area contributed by atoms with E-state index in [1.807, 2.05) is 6.08 Å². The van der Waals surface area contributed by atoms with Crippen LogP contribution in [0, 0.1) is 11.8 Å². The number of unbranched alkanes of at least 4 members (excludes halogenated alkanes) is 1. The molecule has 2 saturated heterocycles. The van der Waals surface area contributed by atoms with Gasteiger partial charge in [-0.25, -0.2) is 0 Å². The Bertz CT molecular complexity index is 337. The average Bonchev–Trinajstić information content (AvgIpc) is 2.93. The van der Waals surface area contributed by atoms with Crippen LogP contribution in [0.3, 0.4) is 0 Å². The van der Waals surface area contributed by atoms with E-state index < -0.39 is 5.97 Å². The zero-order valence-electron chi connectivity index (χ0n) is 10.5. The maximum absolute atomic E-state index is 11.0. The molecule has 4 nitrogen and oxygen atoms in total. The van der Waals surface area contributed by atoms with Crippen LogP contribution in [0.1, 0.15) is 38.5 Å². The Morgan fingerprint density at radius 3 is 2.78 bits per heavy atom. The van der Waals surface area contributed by atoms with E-state index in [0.29, 0.717) is 12.3 Å². The highest BCUT2D eigenvalue weighted by atomic mass is 16.5. The number of aliphatic carboxylic acids is 1. The first-order valence-corrected chi connectivity index (χ1v) is 6.70. The molecule has 2 fully saturated rings. The Labute approximate surface area is 107 Å². The molecule has 0 aromatic rings. The highest BCUT2D eigenvalue weighted by Crippen LogP contribution is 2.44. The number of carboxylic acids is 1. The minimum Gasteiger partial charge on any atom is -0.481 e. The number of fused-ring (bicyclic) bond motifs is 2. The quantitative estimate of drug-likeness (QED) is 0.428. The molecule has 0 spiro atoms. The minimum absolute atomic E-state index is 0.0624. The molecular formula is C14H20O4. The van der Waals surface area contributed by atoms with Crippen molar-refractivity contribution in [2.75, 3.05) is 0 Å². The summed E-state index contributed by atoms with van der Waals surface area (Å²) in [5.41, 5.74) is 0. The van der Waals surface area contributed by atoms with Gasteiger partial charge >= 0.3 is 5.97 Å². The fraction of sp³-hybridized carbons (Fsp3) is 0.714. The standard InChI is InChI=1S/C14H20O4/c15-9-11-10(12-7-8-13(11)18-12)5-3-1-2-4-6-14(16)17/h1,3,9-13H,2,4-8H2,(H,16,17)/b3-1-. The molecule has 4 unspecified atom stereocenters. The average molecular weight is 252 g/mol. The summed E-state index contributed by atoms with van der Waals surface area (Å²) in [4.78, 5) is 21.4. The monoisotopic (exact) mass is 252 g/mol. The summed E-state index contributed by atoms with van der Waals surface area (Å²) in [6.45, 7) is 0. The first kappa shape index (κ1) is 13.3. The number of rotatable bonds is 7. The number of aldehydes is 1. The van der Waals surface area contributed by atoms with Crippen LogP contribution in [0.4, 0.5) is 0 Å². The van der Waals surface area contributed by atoms with Crippen molar-refractivity contribution < 1.29 is 19.4 Å². The molecule has 2 aliphatic rings. The summed E-state index contributed by atoms with van der Waals surface area (Å²) in [5, 5.41) is 8.50. The largest absolute Gasteiger partial charge is 0.481 e. The van der Waals surface area contributed by atoms with Gasteiger partial charge in [-0.15, -0.1) is 0 Å². The molecule has 100 valence electrons. The Hall–Kier alpha value is -1.16. The maximum Gasteiger partial charge on any atom is 0.303 e. The van der Waals surface area contributed by atoms with Gasteiger partial charge in [-0.3, -0.25) is 4.79 Å². The minimum atomic E-state index is -0.745. The second kappa shape index (κ2) is 6.14. The van der Waals surface area contributed by atoms with Gasteiger partial charge in [0, 0.05) is 18.3 Å². The number of carbonyl (C=O) groups is 2. The summed E-state index contributed by atoms with van der Waals surface area (Å²) < 4.78 is 5.76. The van der Waals surface area contributed by atoms with Gasteiger partial charge in [0.25, 0.3) is 0 Å². The van der Waals surface area contributed by atoms with Gasteiger partial charge in [-0.1, -0.05) is 12.2 Å². The first-order valence-electron chi connectivity index (χ1n) is 6.70. The van der Waals surface area contributed by atoms with Gasteiger partial charge in [0.05, 0.1) is 12.2 Å². The zero-order valence-corrected chi connectivity index (χ0v) is 10.5. The molecule has 0 aliphatic carbocycles. The predicted molar refractivity (Wildman–Crippen MR) is 66.2 cm³/mol. The molecule has 4 atom stereocenters. The second-order valence-corrected chi connectivity index (χ2v) is 5.16. The Kier molecular flexibility index (Phi) is 4.53. The van der Waals surface area contributed by atoms with Gasteiger partial charge in [-0.2, -0.15) is 0 Å². The molecule has 1 N–H and O–H groups in total. The van der Waals surface area contributed by atoms with Crippen molar-refractivity contribution in [3.63, 3.8) is 0 Å². The van der Waals surface area contributed by atoms with Crippen LogP contribution in [0.25, 0.3) is 0 Å². The summed E-state index contributed by atoms with van der Waals surface area (Å²) in [5.74, 6) is -0.352. The van der Waals surface area contributed by atoms with Gasteiger partial charge in [0.2, 0.25) is 0 Å². The van der Waals surface area contributed by atoms with Gasteiger partial charge in [-0.05, 0) is 32.1 Å². The molecule has 0 aromatic carbocycles. The lowest BCUT2D eigenvalue weighted by molar-refractivity contribution is -0.137. The van der Waals surface area contributed by atoms with Crippen molar-refractivity contribution in [1.82, 2.24) is 0 Å². The van der Waals surface area contributed by atoms with Crippen molar-refractivity contribution in [2.45, 2.75) is 50.7 Å². The van der Waals surface area contributed by atoms with E-state index in [4.69, 9.17) is 9.84 Å². The lowest BCUT2D eigenvalue weighted by atomic mass is 9.78. The maximum atomic E-state index is 11.0. The van der Waals surface area contributed by atoms with E-state index in [-0.39, 0.29) is 24.5 Å². The SMILES string of the molecule is O=CC1C2CCC(O2)C1C/C=C\CCCC(=O)O. The normalized spacial score (nSPS) is 34.2. The molecule has 2 rings (SSSR count). The molecule has 0 radical (unpaired) electrons. The molecule has 2 aliphatic heterocycles. The van der Waals surface area contributed by atoms with Crippen LogP contribution in [0.2, 0.25) is 0 Å².